The first-order valence-corrected chi connectivity index (χ1v) is 4.65. The van der Waals surface area contributed by atoms with Crippen molar-refractivity contribution in [1.82, 2.24) is 5.32 Å². The number of nitrogens with one attached hydrogen (secondary N) is 1. The van der Waals surface area contributed by atoms with Gasteiger partial charge in [0.1, 0.15) is 0 Å². The summed E-state index contributed by atoms with van der Waals surface area (Å²) < 4.78 is 0. The minimum atomic E-state index is -0.358. The highest BCUT2D eigenvalue weighted by Gasteiger charge is 2.17. The van der Waals surface area contributed by atoms with Crippen molar-refractivity contribution >= 4 is 5.91 Å². The molecule has 4 heteroatoms. The first kappa shape index (κ1) is 12.4. The summed E-state index contributed by atoms with van der Waals surface area (Å²) in [5.74, 6) is 0.0255. The Morgan fingerprint density at radius 3 is 2.31 bits per heavy atom. The summed E-state index contributed by atoms with van der Waals surface area (Å²) in [7, 11) is 0. The van der Waals surface area contributed by atoms with Gasteiger partial charge in [-0.1, -0.05) is 13.8 Å². The number of aliphatic hydroxyl groups is 1. The molecule has 4 nitrogen and oxygen atoms in total. The van der Waals surface area contributed by atoms with Gasteiger partial charge in [-0.25, -0.2) is 0 Å². The highest BCUT2D eigenvalue weighted by atomic mass is 16.3. The lowest BCUT2D eigenvalue weighted by molar-refractivity contribution is -0.119. The third-order valence-corrected chi connectivity index (χ3v) is 2.14. The molecule has 13 heavy (non-hydrogen) atoms. The molecule has 0 rings (SSSR count). The fourth-order valence-electron chi connectivity index (χ4n) is 1.15. The Labute approximate surface area is 79.5 Å². The average Bonchev–Trinajstić information content (AvgIpc) is 2.03. The average molecular weight is 188 g/mol. The van der Waals surface area contributed by atoms with Crippen molar-refractivity contribution in [2.24, 2.45) is 11.7 Å². The molecule has 0 bridgehead atoms. The third-order valence-electron chi connectivity index (χ3n) is 2.14. The van der Waals surface area contributed by atoms with E-state index < -0.39 is 0 Å². The molecule has 0 radical (unpaired) electrons. The van der Waals surface area contributed by atoms with E-state index in [-0.39, 0.29) is 24.6 Å². The predicted octanol–water partition coefficient (Wildman–Crippen LogP) is -0.143. The highest BCUT2D eigenvalue weighted by Crippen LogP contribution is 2.06. The van der Waals surface area contributed by atoms with Crippen molar-refractivity contribution in [3.05, 3.63) is 0 Å². The van der Waals surface area contributed by atoms with E-state index >= 15 is 0 Å². The summed E-state index contributed by atoms with van der Waals surface area (Å²) in [4.78, 5) is 10.8. The maximum absolute atomic E-state index is 10.8. The van der Waals surface area contributed by atoms with E-state index in [0.29, 0.717) is 12.3 Å². The molecule has 0 aliphatic rings. The molecule has 0 aliphatic heterocycles. The summed E-state index contributed by atoms with van der Waals surface area (Å²) in [6.07, 6.45) is 0.648. The van der Waals surface area contributed by atoms with Gasteiger partial charge in [0.2, 0.25) is 5.91 Å². The van der Waals surface area contributed by atoms with Crippen LogP contribution in [0.15, 0.2) is 0 Å². The number of carbonyl (C=O) groups excluding carboxylic acids is 1. The van der Waals surface area contributed by atoms with Crippen LogP contribution in [-0.2, 0) is 4.79 Å². The zero-order chi connectivity index (χ0) is 10.4. The summed E-state index contributed by atoms with van der Waals surface area (Å²) in [5.41, 5.74) is 5.12. The summed E-state index contributed by atoms with van der Waals surface area (Å²) in [5, 5.41) is 11.9. The molecule has 0 heterocycles. The zero-order valence-electron chi connectivity index (χ0n) is 8.58. The van der Waals surface area contributed by atoms with Crippen molar-refractivity contribution < 1.29 is 9.90 Å². The van der Waals surface area contributed by atoms with E-state index in [1.807, 2.05) is 13.8 Å². The Balaban J connectivity index is 4.01. The lowest BCUT2D eigenvalue weighted by Crippen LogP contribution is -2.46. The molecular formula is C9H20N2O2. The van der Waals surface area contributed by atoms with Crippen molar-refractivity contribution in [3.8, 4) is 0 Å². The standard InChI is InChI=1S/C9H20N2O2/c1-6(2)8(4-5-12)11-7(3)9(10)13/h6-8,11-12H,4-5H2,1-3H3,(H2,10,13). The fourth-order valence-corrected chi connectivity index (χ4v) is 1.15. The van der Waals surface area contributed by atoms with Gasteiger partial charge < -0.3 is 16.2 Å². The van der Waals surface area contributed by atoms with Crippen molar-refractivity contribution in [1.29, 1.82) is 0 Å². The molecule has 78 valence electrons. The predicted molar refractivity (Wildman–Crippen MR) is 52.1 cm³/mol. The van der Waals surface area contributed by atoms with Crippen LogP contribution in [0, 0.1) is 5.92 Å². The van der Waals surface area contributed by atoms with Crippen LogP contribution >= 0.6 is 0 Å². The monoisotopic (exact) mass is 188 g/mol. The van der Waals surface area contributed by atoms with Crippen molar-refractivity contribution in [2.45, 2.75) is 39.3 Å². The molecule has 0 saturated carbocycles. The van der Waals surface area contributed by atoms with E-state index in [9.17, 15) is 4.79 Å². The Hall–Kier alpha value is -0.610. The van der Waals surface area contributed by atoms with E-state index in [4.69, 9.17) is 10.8 Å². The Kier molecular flexibility index (Phi) is 5.66. The molecular weight excluding hydrogens is 168 g/mol. The third kappa shape index (κ3) is 4.85. The molecule has 2 atom stereocenters. The van der Waals surface area contributed by atoms with E-state index in [1.54, 1.807) is 6.92 Å². The molecule has 0 fully saturated rings. The summed E-state index contributed by atoms with van der Waals surface area (Å²) >= 11 is 0. The highest BCUT2D eigenvalue weighted by molar-refractivity contribution is 5.79. The molecule has 1 amide bonds. The number of aliphatic hydroxyl groups excluding tert-OH is 1. The van der Waals surface area contributed by atoms with Gasteiger partial charge in [-0.05, 0) is 19.3 Å². The van der Waals surface area contributed by atoms with Crippen LogP contribution in [0.3, 0.4) is 0 Å². The van der Waals surface area contributed by atoms with E-state index in [1.165, 1.54) is 0 Å². The number of amides is 1. The molecule has 2 unspecified atom stereocenters. The van der Waals surface area contributed by atoms with Crippen LogP contribution in [0.5, 0.6) is 0 Å². The quantitative estimate of drug-likeness (QED) is 0.543. The second-order valence-corrected chi connectivity index (χ2v) is 3.65. The molecule has 0 aliphatic carbocycles. The molecule has 0 aromatic rings. The van der Waals surface area contributed by atoms with Crippen LogP contribution in [0.4, 0.5) is 0 Å². The van der Waals surface area contributed by atoms with E-state index in [2.05, 4.69) is 5.32 Å². The molecule has 0 aromatic heterocycles. The van der Waals surface area contributed by atoms with E-state index in [0.717, 1.165) is 0 Å². The molecule has 4 N–H and O–H groups in total. The number of hydrogen-bond donors (Lipinski definition) is 3. The summed E-state index contributed by atoms with van der Waals surface area (Å²) in [6, 6.07) is -0.188. The second kappa shape index (κ2) is 5.94. The first-order valence-electron chi connectivity index (χ1n) is 4.65. The minimum absolute atomic E-state index is 0.126. The lowest BCUT2D eigenvalue weighted by atomic mass is 10.0. The smallest absolute Gasteiger partial charge is 0.234 e. The maximum atomic E-state index is 10.8. The van der Waals surface area contributed by atoms with Gasteiger partial charge in [0.05, 0.1) is 6.04 Å². The molecule has 0 spiro atoms. The van der Waals surface area contributed by atoms with Gasteiger partial charge >= 0.3 is 0 Å². The number of rotatable bonds is 6. The Morgan fingerprint density at radius 2 is 2.00 bits per heavy atom. The zero-order valence-corrected chi connectivity index (χ0v) is 8.58. The van der Waals surface area contributed by atoms with Crippen LogP contribution in [0.1, 0.15) is 27.2 Å². The van der Waals surface area contributed by atoms with Crippen LogP contribution in [0.2, 0.25) is 0 Å². The van der Waals surface area contributed by atoms with Gasteiger partial charge in [0, 0.05) is 12.6 Å². The van der Waals surface area contributed by atoms with Gasteiger partial charge in [-0.2, -0.15) is 0 Å². The number of primary amides is 1. The van der Waals surface area contributed by atoms with Gasteiger partial charge in [0.25, 0.3) is 0 Å². The largest absolute Gasteiger partial charge is 0.396 e. The summed E-state index contributed by atoms with van der Waals surface area (Å²) in [6.45, 7) is 5.94. The minimum Gasteiger partial charge on any atom is -0.396 e. The normalized spacial score (nSPS) is 15.8. The topological polar surface area (TPSA) is 75.3 Å². The maximum Gasteiger partial charge on any atom is 0.234 e. The number of hydrogen-bond acceptors (Lipinski definition) is 3. The fraction of sp³-hybridized carbons (Fsp3) is 0.889. The number of carbonyl (C=O) groups is 1. The molecule has 0 saturated heterocycles. The van der Waals surface area contributed by atoms with Gasteiger partial charge in [0.15, 0.2) is 0 Å². The van der Waals surface area contributed by atoms with Gasteiger partial charge in [-0.15, -0.1) is 0 Å². The van der Waals surface area contributed by atoms with Crippen molar-refractivity contribution in [3.63, 3.8) is 0 Å². The van der Waals surface area contributed by atoms with Crippen LogP contribution < -0.4 is 11.1 Å². The van der Waals surface area contributed by atoms with Gasteiger partial charge in [-0.3, -0.25) is 4.79 Å². The first-order chi connectivity index (χ1) is 5.99. The Bertz CT molecular complexity index is 160. The van der Waals surface area contributed by atoms with Crippen LogP contribution in [-0.4, -0.2) is 29.7 Å². The Morgan fingerprint density at radius 1 is 1.46 bits per heavy atom. The second-order valence-electron chi connectivity index (χ2n) is 3.65. The number of nitrogens with two attached hydrogens (primary N) is 1. The van der Waals surface area contributed by atoms with Crippen molar-refractivity contribution in [2.75, 3.05) is 6.61 Å². The SMILES string of the molecule is CC(NC(CCO)C(C)C)C(N)=O. The lowest BCUT2D eigenvalue weighted by Gasteiger charge is -2.24. The molecule has 0 aromatic carbocycles. The van der Waals surface area contributed by atoms with Crippen LogP contribution in [0.25, 0.3) is 0 Å².